The lowest BCUT2D eigenvalue weighted by molar-refractivity contribution is 0.539. The van der Waals surface area contributed by atoms with Crippen LogP contribution in [0.15, 0.2) is 12.7 Å². The molecular formula is C12H21N3S. The third-order valence-electron chi connectivity index (χ3n) is 2.43. The number of nitrogens with zero attached hydrogens (tertiary/aromatic N) is 2. The summed E-state index contributed by atoms with van der Waals surface area (Å²) in [6.07, 6.45) is 6.19. The van der Waals surface area contributed by atoms with Gasteiger partial charge in [-0.3, -0.25) is 0 Å². The van der Waals surface area contributed by atoms with Crippen molar-refractivity contribution in [2.45, 2.75) is 45.6 Å². The lowest BCUT2D eigenvalue weighted by Crippen LogP contribution is -2.21. The van der Waals surface area contributed by atoms with E-state index >= 15 is 0 Å². The Morgan fingerprint density at radius 2 is 2.25 bits per heavy atom. The van der Waals surface area contributed by atoms with E-state index in [4.69, 9.17) is 0 Å². The highest BCUT2D eigenvalue weighted by atomic mass is 32.1. The molecule has 1 unspecified atom stereocenters. The van der Waals surface area contributed by atoms with E-state index in [2.05, 4.69) is 35.3 Å². The van der Waals surface area contributed by atoms with Gasteiger partial charge in [-0.05, 0) is 37.3 Å². The zero-order valence-corrected chi connectivity index (χ0v) is 11.0. The van der Waals surface area contributed by atoms with Gasteiger partial charge in [0.05, 0.1) is 10.6 Å². The molecule has 0 aromatic carbocycles. The molecule has 16 heavy (non-hydrogen) atoms. The maximum atomic E-state index is 4.21. The van der Waals surface area contributed by atoms with Crippen LogP contribution in [0.4, 0.5) is 0 Å². The first-order valence-electron chi connectivity index (χ1n) is 5.98. The fourth-order valence-corrected chi connectivity index (χ4v) is 2.44. The summed E-state index contributed by atoms with van der Waals surface area (Å²) in [7, 11) is 0. The average Bonchev–Trinajstić information content (AvgIpc) is 2.73. The summed E-state index contributed by atoms with van der Waals surface area (Å²) < 4.78 is 4.07. The molecule has 0 radical (unpaired) electrons. The molecule has 0 aliphatic carbocycles. The second-order valence-corrected chi connectivity index (χ2v) is 4.65. The largest absolute Gasteiger partial charge is 0.309 e. The molecule has 0 aliphatic rings. The van der Waals surface area contributed by atoms with Crippen LogP contribution in [0.5, 0.6) is 0 Å². The molecule has 1 rings (SSSR count). The zero-order valence-electron chi connectivity index (χ0n) is 10.2. The fourth-order valence-electron chi connectivity index (χ4n) is 1.66. The van der Waals surface area contributed by atoms with Crippen molar-refractivity contribution in [3.05, 3.63) is 23.2 Å². The van der Waals surface area contributed by atoms with E-state index in [0.29, 0.717) is 6.04 Å². The SMILES string of the molecule is C=CCC(NCCC)c1snnc1CCC. The Balaban J connectivity index is 2.73. The van der Waals surface area contributed by atoms with E-state index < -0.39 is 0 Å². The van der Waals surface area contributed by atoms with E-state index in [-0.39, 0.29) is 0 Å². The van der Waals surface area contributed by atoms with Crippen molar-refractivity contribution < 1.29 is 0 Å². The third-order valence-corrected chi connectivity index (χ3v) is 3.31. The highest BCUT2D eigenvalue weighted by molar-refractivity contribution is 7.05. The molecule has 1 aromatic heterocycles. The Kier molecular flexibility index (Phi) is 6.26. The molecule has 90 valence electrons. The molecule has 0 spiro atoms. The molecule has 0 aliphatic heterocycles. The Hall–Kier alpha value is -0.740. The van der Waals surface area contributed by atoms with Crippen LogP contribution >= 0.6 is 11.5 Å². The van der Waals surface area contributed by atoms with Gasteiger partial charge in [-0.1, -0.05) is 30.8 Å². The molecular weight excluding hydrogens is 218 g/mol. The highest BCUT2D eigenvalue weighted by Gasteiger charge is 2.16. The highest BCUT2D eigenvalue weighted by Crippen LogP contribution is 2.24. The number of rotatable bonds is 8. The third kappa shape index (κ3) is 3.68. The molecule has 0 amide bonds. The van der Waals surface area contributed by atoms with Crippen LogP contribution in [-0.2, 0) is 6.42 Å². The van der Waals surface area contributed by atoms with Crippen LogP contribution in [0.25, 0.3) is 0 Å². The Morgan fingerprint density at radius 3 is 2.88 bits per heavy atom. The minimum Gasteiger partial charge on any atom is -0.309 e. The molecule has 0 saturated heterocycles. The zero-order chi connectivity index (χ0) is 11.8. The molecule has 1 atom stereocenters. The Labute approximate surface area is 102 Å². The molecule has 4 heteroatoms. The minimum absolute atomic E-state index is 0.346. The summed E-state index contributed by atoms with van der Waals surface area (Å²) in [4.78, 5) is 1.29. The normalized spacial score (nSPS) is 12.6. The van der Waals surface area contributed by atoms with Gasteiger partial charge in [0.1, 0.15) is 0 Å². The molecule has 1 N–H and O–H groups in total. The first kappa shape index (κ1) is 13.3. The molecule has 0 bridgehead atoms. The number of hydrogen-bond donors (Lipinski definition) is 1. The summed E-state index contributed by atoms with van der Waals surface area (Å²) in [5, 5.41) is 7.74. The van der Waals surface area contributed by atoms with Crippen molar-refractivity contribution in [1.29, 1.82) is 0 Å². The second-order valence-electron chi connectivity index (χ2n) is 3.86. The Bertz CT molecular complexity index is 309. The van der Waals surface area contributed by atoms with Crippen LogP contribution < -0.4 is 5.32 Å². The van der Waals surface area contributed by atoms with Crippen LogP contribution in [0, 0.1) is 0 Å². The first-order chi connectivity index (χ1) is 7.83. The van der Waals surface area contributed by atoms with E-state index in [9.17, 15) is 0 Å². The van der Waals surface area contributed by atoms with Crippen molar-refractivity contribution in [1.82, 2.24) is 14.9 Å². The fraction of sp³-hybridized carbons (Fsp3) is 0.667. The van der Waals surface area contributed by atoms with Crippen LogP contribution in [0.2, 0.25) is 0 Å². The van der Waals surface area contributed by atoms with Gasteiger partial charge in [-0.25, -0.2) is 0 Å². The van der Waals surface area contributed by atoms with Gasteiger partial charge in [-0.15, -0.1) is 11.7 Å². The molecule has 1 aromatic rings. The molecule has 0 saturated carbocycles. The van der Waals surface area contributed by atoms with Gasteiger partial charge < -0.3 is 5.32 Å². The quantitative estimate of drug-likeness (QED) is 0.708. The topological polar surface area (TPSA) is 37.8 Å². The second kappa shape index (κ2) is 7.52. The van der Waals surface area contributed by atoms with E-state index in [0.717, 1.165) is 37.9 Å². The lowest BCUT2D eigenvalue weighted by Gasteiger charge is -2.15. The summed E-state index contributed by atoms with van der Waals surface area (Å²) in [6.45, 7) is 9.20. The molecule has 0 fully saturated rings. The summed E-state index contributed by atoms with van der Waals surface area (Å²) in [5.41, 5.74) is 1.16. The van der Waals surface area contributed by atoms with Gasteiger partial charge in [-0.2, -0.15) is 0 Å². The smallest absolute Gasteiger partial charge is 0.0803 e. The maximum absolute atomic E-state index is 4.21. The maximum Gasteiger partial charge on any atom is 0.0803 e. The number of hydrogen-bond acceptors (Lipinski definition) is 4. The minimum atomic E-state index is 0.346. The van der Waals surface area contributed by atoms with E-state index in [1.807, 2.05) is 6.08 Å². The number of aromatic nitrogens is 2. The van der Waals surface area contributed by atoms with Gasteiger partial charge in [0.2, 0.25) is 0 Å². The monoisotopic (exact) mass is 239 g/mol. The summed E-state index contributed by atoms with van der Waals surface area (Å²) in [6, 6.07) is 0.346. The number of nitrogens with one attached hydrogen (secondary N) is 1. The standard InChI is InChI=1S/C12H21N3S/c1-4-7-10(13-9-6-3)12-11(8-5-2)14-15-16-12/h4,10,13H,1,5-9H2,2-3H3. The van der Waals surface area contributed by atoms with Crippen molar-refractivity contribution in [2.75, 3.05) is 6.54 Å². The summed E-state index contributed by atoms with van der Waals surface area (Å²) in [5.74, 6) is 0. The first-order valence-corrected chi connectivity index (χ1v) is 6.76. The summed E-state index contributed by atoms with van der Waals surface area (Å²) >= 11 is 1.52. The lowest BCUT2D eigenvalue weighted by atomic mass is 10.1. The average molecular weight is 239 g/mol. The van der Waals surface area contributed by atoms with Gasteiger partial charge in [0.15, 0.2) is 0 Å². The van der Waals surface area contributed by atoms with Crippen molar-refractivity contribution in [3.8, 4) is 0 Å². The Morgan fingerprint density at radius 1 is 1.44 bits per heavy atom. The van der Waals surface area contributed by atoms with Crippen molar-refractivity contribution >= 4 is 11.5 Å². The van der Waals surface area contributed by atoms with Crippen LogP contribution in [-0.4, -0.2) is 16.1 Å². The van der Waals surface area contributed by atoms with Crippen molar-refractivity contribution in [2.24, 2.45) is 0 Å². The molecule has 3 nitrogen and oxygen atoms in total. The van der Waals surface area contributed by atoms with Gasteiger partial charge in [0.25, 0.3) is 0 Å². The van der Waals surface area contributed by atoms with Gasteiger partial charge in [0, 0.05) is 6.04 Å². The van der Waals surface area contributed by atoms with Crippen molar-refractivity contribution in [3.63, 3.8) is 0 Å². The van der Waals surface area contributed by atoms with E-state index in [1.165, 1.54) is 16.4 Å². The van der Waals surface area contributed by atoms with E-state index in [1.54, 1.807) is 0 Å². The predicted octanol–water partition coefficient (Wildman–Crippen LogP) is 3.11. The molecule has 1 heterocycles. The number of aryl methyl sites for hydroxylation is 1. The predicted molar refractivity (Wildman–Crippen MR) is 69.8 cm³/mol. The van der Waals surface area contributed by atoms with Crippen LogP contribution in [0.3, 0.4) is 0 Å². The van der Waals surface area contributed by atoms with Gasteiger partial charge >= 0.3 is 0 Å². The van der Waals surface area contributed by atoms with Crippen LogP contribution in [0.1, 0.15) is 49.7 Å².